The first-order valence-electron chi connectivity index (χ1n) is 11.9. The molecule has 1 fully saturated rings. The molecule has 0 radical (unpaired) electrons. The lowest BCUT2D eigenvalue weighted by Gasteiger charge is -2.33. The Morgan fingerprint density at radius 3 is 2.51 bits per heavy atom. The van der Waals surface area contributed by atoms with Crippen molar-refractivity contribution in [2.24, 2.45) is 0 Å². The number of halogens is 3. The van der Waals surface area contributed by atoms with Crippen LogP contribution >= 0.6 is 36.4 Å². The summed E-state index contributed by atoms with van der Waals surface area (Å²) in [4.78, 5) is 7.24. The van der Waals surface area contributed by atoms with Gasteiger partial charge in [-0.25, -0.2) is 0 Å². The monoisotopic (exact) mass is 533 g/mol. The van der Waals surface area contributed by atoms with Crippen LogP contribution in [0.2, 0.25) is 5.02 Å². The largest absolute Gasteiger partial charge is 0.487 e. The molecule has 1 saturated heterocycles. The van der Waals surface area contributed by atoms with E-state index in [1.54, 1.807) is 0 Å². The fraction of sp³-hybridized carbons (Fsp3) is 0.357. The summed E-state index contributed by atoms with van der Waals surface area (Å²) >= 11 is 6.43. The van der Waals surface area contributed by atoms with Crippen LogP contribution in [0.4, 0.5) is 17.1 Å². The normalized spacial score (nSPS) is 16.8. The molecule has 188 valence electrons. The molecule has 4 nitrogen and oxygen atoms in total. The molecule has 1 unspecified atom stereocenters. The van der Waals surface area contributed by atoms with Crippen molar-refractivity contribution in [1.29, 1.82) is 0 Å². The highest BCUT2D eigenvalue weighted by Crippen LogP contribution is 2.41. The number of nitrogens with zero attached hydrogens (tertiary/aromatic N) is 3. The van der Waals surface area contributed by atoms with Crippen molar-refractivity contribution in [2.45, 2.75) is 31.9 Å². The quantitative estimate of drug-likeness (QED) is 0.339. The second-order valence-electron chi connectivity index (χ2n) is 9.28. The minimum atomic E-state index is 0. The van der Waals surface area contributed by atoms with Gasteiger partial charge in [0.1, 0.15) is 12.4 Å². The Hall–Kier alpha value is -2.11. The number of hydrogen-bond acceptors (Lipinski definition) is 4. The summed E-state index contributed by atoms with van der Waals surface area (Å²) in [5.41, 5.74) is 6.12. The van der Waals surface area contributed by atoms with E-state index in [1.807, 2.05) is 12.1 Å². The lowest BCUT2D eigenvalue weighted by molar-refractivity contribution is 0.261. The standard InChI is InChI=1S/C28H32ClN3O.2ClH/c1-30(2)24-13-9-21(10-14-24)15-17-31-16-5-6-25(31)19-32-26-7-3-4-8-28(26)33-20-22-11-12-23(29)18-27(22)32;;/h3-4,7-14,18,25H,5-6,15-17,19-20H2,1-2H3;2*1H. The third-order valence-corrected chi connectivity index (χ3v) is 7.15. The first kappa shape index (κ1) is 27.5. The third-order valence-electron chi connectivity index (χ3n) is 6.91. The van der Waals surface area contributed by atoms with Gasteiger partial charge in [0, 0.05) is 55.2 Å². The van der Waals surface area contributed by atoms with E-state index in [-0.39, 0.29) is 24.8 Å². The van der Waals surface area contributed by atoms with Crippen LogP contribution < -0.4 is 14.5 Å². The summed E-state index contributed by atoms with van der Waals surface area (Å²) in [5.74, 6) is 0.940. The molecule has 3 aromatic rings. The van der Waals surface area contributed by atoms with E-state index in [2.05, 4.69) is 83.4 Å². The summed E-state index contributed by atoms with van der Waals surface area (Å²) in [7, 11) is 4.17. The molecule has 3 aromatic carbocycles. The Morgan fingerprint density at radius 2 is 1.74 bits per heavy atom. The van der Waals surface area contributed by atoms with E-state index < -0.39 is 0 Å². The molecule has 2 aliphatic rings. The topological polar surface area (TPSA) is 19.0 Å². The van der Waals surface area contributed by atoms with E-state index in [1.165, 1.54) is 35.3 Å². The Labute approximate surface area is 226 Å². The van der Waals surface area contributed by atoms with Crippen LogP contribution in [0, 0.1) is 0 Å². The molecule has 35 heavy (non-hydrogen) atoms. The minimum absolute atomic E-state index is 0. The lowest BCUT2D eigenvalue weighted by Crippen LogP contribution is -2.39. The smallest absolute Gasteiger partial charge is 0.143 e. The number of benzene rings is 3. The molecule has 0 N–H and O–H groups in total. The summed E-state index contributed by atoms with van der Waals surface area (Å²) in [6, 6.07) is 24.0. The van der Waals surface area contributed by atoms with Gasteiger partial charge in [-0.15, -0.1) is 24.8 Å². The van der Waals surface area contributed by atoms with E-state index in [0.29, 0.717) is 12.6 Å². The van der Waals surface area contributed by atoms with Gasteiger partial charge in [0.15, 0.2) is 0 Å². The number of rotatable bonds is 6. The number of para-hydroxylation sites is 2. The lowest BCUT2D eigenvalue weighted by atomic mass is 10.1. The first-order chi connectivity index (χ1) is 16.1. The molecular formula is C28H34Cl3N3O. The Morgan fingerprint density at radius 1 is 0.971 bits per heavy atom. The molecule has 0 saturated carbocycles. The number of fused-ring (bicyclic) bond motifs is 2. The summed E-state index contributed by atoms with van der Waals surface area (Å²) in [6.07, 6.45) is 3.54. The Kier molecular flexibility index (Phi) is 9.60. The maximum Gasteiger partial charge on any atom is 0.143 e. The molecule has 0 bridgehead atoms. The van der Waals surface area contributed by atoms with Crippen molar-refractivity contribution in [2.75, 3.05) is 43.5 Å². The van der Waals surface area contributed by atoms with Gasteiger partial charge in [-0.3, -0.25) is 4.90 Å². The number of ether oxygens (including phenoxy) is 1. The van der Waals surface area contributed by atoms with Gasteiger partial charge in [0.2, 0.25) is 0 Å². The van der Waals surface area contributed by atoms with Crippen LogP contribution in [0.25, 0.3) is 0 Å². The third kappa shape index (κ3) is 6.18. The predicted molar refractivity (Wildman–Crippen MR) is 153 cm³/mol. The van der Waals surface area contributed by atoms with Crippen LogP contribution in [-0.2, 0) is 13.0 Å². The van der Waals surface area contributed by atoms with Crippen LogP contribution in [0.3, 0.4) is 0 Å². The van der Waals surface area contributed by atoms with Crippen molar-refractivity contribution in [1.82, 2.24) is 4.90 Å². The Balaban J connectivity index is 0.00000171. The van der Waals surface area contributed by atoms with Gasteiger partial charge in [-0.1, -0.05) is 41.9 Å². The highest BCUT2D eigenvalue weighted by Gasteiger charge is 2.30. The van der Waals surface area contributed by atoms with Crippen molar-refractivity contribution in [3.63, 3.8) is 0 Å². The van der Waals surface area contributed by atoms with Crippen molar-refractivity contribution >= 4 is 53.5 Å². The van der Waals surface area contributed by atoms with Gasteiger partial charge in [0.05, 0.1) is 5.69 Å². The summed E-state index contributed by atoms with van der Waals surface area (Å²) < 4.78 is 6.17. The maximum absolute atomic E-state index is 6.43. The molecule has 0 aliphatic carbocycles. The predicted octanol–water partition coefficient (Wildman–Crippen LogP) is 6.99. The molecule has 2 heterocycles. The van der Waals surface area contributed by atoms with Crippen molar-refractivity contribution in [3.8, 4) is 5.75 Å². The van der Waals surface area contributed by atoms with Crippen molar-refractivity contribution in [3.05, 3.63) is 82.9 Å². The fourth-order valence-corrected chi connectivity index (χ4v) is 5.20. The molecular weight excluding hydrogens is 501 g/mol. The SMILES string of the molecule is CN(C)c1ccc(CCN2CCCC2CN2c3cc(Cl)ccc3COc3ccccc32)cc1.Cl.Cl. The molecule has 2 aliphatic heterocycles. The molecule has 0 aromatic heterocycles. The van der Waals surface area contributed by atoms with Gasteiger partial charge < -0.3 is 14.5 Å². The maximum atomic E-state index is 6.43. The summed E-state index contributed by atoms with van der Waals surface area (Å²) in [5, 5.41) is 0.766. The van der Waals surface area contributed by atoms with E-state index in [4.69, 9.17) is 16.3 Å². The van der Waals surface area contributed by atoms with Gasteiger partial charge in [0.25, 0.3) is 0 Å². The molecule has 7 heteroatoms. The van der Waals surface area contributed by atoms with E-state index in [9.17, 15) is 0 Å². The van der Waals surface area contributed by atoms with Gasteiger partial charge >= 0.3 is 0 Å². The van der Waals surface area contributed by atoms with Gasteiger partial charge in [-0.05, 0) is 67.8 Å². The second kappa shape index (κ2) is 12.2. The fourth-order valence-electron chi connectivity index (χ4n) is 5.03. The van der Waals surface area contributed by atoms with Crippen LogP contribution in [0.5, 0.6) is 5.75 Å². The first-order valence-corrected chi connectivity index (χ1v) is 12.2. The number of hydrogen-bond donors (Lipinski definition) is 0. The minimum Gasteiger partial charge on any atom is -0.487 e. The zero-order valence-corrected chi connectivity index (χ0v) is 22.7. The Bertz CT molecular complexity index is 1110. The highest BCUT2D eigenvalue weighted by molar-refractivity contribution is 6.30. The van der Waals surface area contributed by atoms with E-state index in [0.717, 1.165) is 42.5 Å². The van der Waals surface area contributed by atoms with Crippen LogP contribution in [0.15, 0.2) is 66.7 Å². The van der Waals surface area contributed by atoms with Crippen LogP contribution in [0.1, 0.15) is 24.0 Å². The van der Waals surface area contributed by atoms with Crippen LogP contribution in [-0.4, -0.2) is 44.7 Å². The molecule has 5 rings (SSSR count). The highest BCUT2D eigenvalue weighted by atomic mass is 35.5. The molecule has 1 atom stereocenters. The average Bonchev–Trinajstić information content (AvgIpc) is 3.21. The number of likely N-dealkylation sites (tertiary alicyclic amines) is 1. The zero-order valence-electron chi connectivity index (χ0n) is 20.3. The molecule has 0 amide bonds. The van der Waals surface area contributed by atoms with Gasteiger partial charge in [-0.2, -0.15) is 0 Å². The number of anilines is 3. The second-order valence-corrected chi connectivity index (χ2v) is 9.72. The average molecular weight is 535 g/mol. The molecule has 0 spiro atoms. The van der Waals surface area contributed by atoms with E-state index >= 15 is 0 Å². The van der Waals surface area contributed by atoms with Crippen molar-refractivity contribution < 1.29 is 4.74 Å². The summed E-state index contributed by atoms with van der Waals surface area (Å²) in [6.45, 7) is 3.75. The zero-order chi connectivity index (χ0) is 22.8.